The van der Waals surface area contributed by atoms with E-state index in [4.69, 9.17) is 5.11 Å². The normalized spacial score (nSPS) is 15.8. The number of fused-ring (bicyclic) bond motifs is 1. The number of hydrogen-bond donors (Lipinski definition) is 2. The Hall–Kier alpha value is -1.51. The summed E-state index contributed by atoms with van der Waals surface area (Å²) in [7, 11) is 0. The first-order chi connectivity index (χ1) is 7.59. The highest BCUT2D eigenvalue weighted by molar-refractivity contribution is 5.70. The lowest BCUT2D eigenvalue weighted by Gasteiger charge is -2.11. The van der Waals surface area contributed by atoms with Gasteiger partial charge in [-0.2, -0.15) is 0 Å². The average Bonchev–Trinajstić information content (AvgIpc) is 2.70. The van der Waals surface area contributed by atoms with Gasteiger partial charge in [0.15, 0.2) is 0 Å². The summed E-state index contributed by atoms with van der Waals surface area (Å²) in [6.45, 7) is 1.66. The van der Waals surface area contributed by atoms with E-state index in [-0.39, 0.29) is 0 Å². The molecule has 1 aromatic rings. The van der Waals surface area contributed by atoms with Crippen LogP contribution in [0.5, 0.6) is 5.75 Å². The molecule has 3 nitrogen and oxygen atoms in total. The maximum atomic E-state index is 10.8. The Kier molecular flexibility index (Phi) is 2.86. The standard InChI is InChI=1S/C13H16O3/c1-8(13(15)16)7-10-6-5-9-3-2-4-11(9)12(10)14/h5-6,8,14H,2-4,7H2,1H3,(H,15,16). The van der Waals surface area contributed by atoms with Crippen molar-refractivity contribution in [3.05, 3.63) is 28.8 Å². The quantitative estimate of drug-likeness (QED) is 0.820. The Morgan fingerprint density at radius 2 is 2.19 bits per heavy atom. The summed E-state index contributed by atoms with van der Waals surface area (Å²) in [5.41, 5.74) is 3.00. The number of carbonyl (C=O) groups is 1. The molecule has 1 aromatic carbocycles. The minimum absolute atomic E-state index is 0.322. The molecule has 0 aliphatic heterocycles. The molecule has 0 fully saturated rings. The number of benzene rings is 1. The molecule has 0 bridgehead atoms. The van der Waals surface area contributed by atoms with Crippen molar-refractivity contribution < 1.29 is 15.0 Å². The van der Waals surface area contributed by atoms with Crippen LogP contribution in [0.15, 0.2) is 12.1 Å². The summed E-state index contributed by atoms with van der Waals surface area (Å²) in [5, 5.41) is 18.9. The van der Waals surface area contributed by atoms with Crippen molar-refractivity contribution >= 4 is 5.97 Å². The van der Waals surface area contributed by atoms with E-state index in [1.54, 1.807) is 6.92 Å². The van der Waals surface area contributed by atoms with E-state index >= 15 is 0 Å². The average molecular weight is 220 g/mol. The summed E-state index contributed by atoms with van der Waals surface area (Å²) in [6.07, 6.45) is 3.42. The van der Waals surface area contributed by atoms with E-state index in [0.717, 1.165) is 30.4 Å². The van der Waals surface area contributed by atoms with Gasteiger partial charge in [0, 0.05) is 0 Å². The number of hydrogen-bond acceptors (Lipinski definition) is 2. The molecule has 3 heteroatoms. The van der Waals surface area contributed by atoms with Gasteiger partial charge in [-0.25, -0.2) is 0 Å². The van der Waals surface area contributed by atoms with Crippen molar-refractivity contribution in [2.45, 2.75) is 32.6 Å². The second-order valence-electron chi connectivity index (χ2n) is 4.51. The molecule has 86 valence electrons. The van der Waals surface area contributed by atoms with Crippen LogP contribution in [-0.4, -0.2) is 16.2 Å². The minimum atomic E-state index is -0.820. The van der Waals surface area contributed by atoms with Crippen molar-refractivity contribution in [3.63, 3.8) is 0 Å². The highest BCUT2D eigenvalue weighted by Crippen LogP contribution is 2.33. The first-order valence-electron chi connectivity index (χ1n) is 5.65. The van der Waals surface area contributed by atoms with Crippen molar-refractivity contribution in [2.24, 2.45) is 5.92 Å². The molecule has 0 amide bonds. The number of aliphatic carboxylic acids is 1. The fourth-order valence-corrected chi connectivity index (χ4v) is 2.28. The van der Waals surface area contributed by atoms with Gasteiger partial charge >= 0.3 is 5.97 Å². The van der Waals surface area contributed by atoms with Crippen LogP contribution in [0, 0.1) is 5.92 Å². The summed E-state index contributed by atoms with van der Waals surface area (Å²) in [4.78, 5) is 10.8. The van der Waals surface area contributed by atoms with Crippen LogP contribution in [0.25, 0.3) is 0 Å². The van der Waals surface area contributed by atoms with Crippen LogP contribution in [0.1, 0.15) is 30.0 Å². The lowest BCUT2D eigenvalue weighted by molar-refractivity contribution is -0.141. The third-order valence-electron chi connectivity index (χ3n) is 3.28. The summed E-state index contributed by atoms with van der Waals surface area (Å²) in [5.74, 6) is -0.951. The Morgan fingerprint density at radius 1 is 1.44 bits per heavy atom. The fourth-order valence-electron chi connectivity index (χ4n) is 2.28. The largest absolute Gasteiger partial charge is 0.507 e. The van der Waals surface area contributed by atoms with E-state index in [0.29, 0.717) is 12.2 Å². The Balaban J connectivity index is 2.26. The zero-order valence-corrected chi connectivity index (χ0v) is 9.36. The van der Waals surface area contributed by atoms with E-state index in [1.807, 2.05) is 12.1 Å². The molecular formula is C13H16O3. The summed E-state index contributed by atoms with van der Waals surface area (Å²) >= 11 is 0. The molecule has 1 unspecified atom stereocenters. The van der Waals surface area contributed by atoms with Crippen LogP contribution >= 0.6 is 0 Å². The number of aromatic hydroxyl groups is 1. The highest BCUT2D eigenvalue weighted by atomic mass is 16.4. The number of phenols is 1. The van der Waals surface area contributed by atoms with Crippen molar-refractivity contribution in [2.75, 3.05) is 0 Å². The number of aryl methyl sites for hydroxylation is 1. The van der Waals surface area contributed by atoms with Crippen LogP contribution < -0.4 is 0 Å². The predicted octanol–water partition coefficient (Wildman–Crippen LogP) is 2.14. The van der Waals surface area contributed by atoms with E-state index in [1.165, 1.54) is 5.56 Å². The SMILES string of the molecule is CC(Cc1ccc2c(c1O)CCC2)C(=O)O. The van der Waals surface area contributed by atoms with E-state index in [9.17, 15) is 9.90 Å². The zero-order chi connectivity index (χ0) is 11.7. The zero-order valence-electron chi connectivity index (χ0n) is 9.36. The van der Waals surface area contributed by atoms with Gasteiger partial charge in [-0.1, -0.05) is 19.1 Å². The Morgan fingerprint density at radius 3 is 2.88 bits per heavy atom. The second kappa shape index (κ2) is 4.16. The monoisotopic (exact) mass is 220 g/mol. The number of rotatable bonds is 3. The molecule has 0 saturated carbocycles. The number of carboxylic acids is 1. The van der Waals surface area contributed by atoms with E-state index in [2.05, 4.69) is 0 Å². The highest BCUT2D eigenvalue weighted by Gasteiger charge is 2.20. The molecule has 0 spiro atoms. The van der Waals surface area contributed by atoms with Crippen molar-refractivity contribution in [3.8, 4) is 5.75 Å². The molecular weight excluding hydrogens is 204 g/mol. The van der Waals surface area contributed by atoms with Crippen LogP contribution in [0.4, 0.5) is 0 Å². The molecule has 2 rings (SSSR count). The molecule has 2 N–H and O–H groups in total. The molecule has 0 radical (unpaired) electrons. The molecule has 0 heterocycles. The summed E-state index contributed by atoms with van der Waals surface area (Å²) in [6, 6.07) is 3.88. The molecule has 1 atom stereocenters. The fraction of sp³-hybridized carbons (Fsp3) is 0.462. The molecule has 1 aliphatic carbocycles. The van der Waals surface area contributed by atoms with Gasteiger partial charge < -0.3 is 10.2 Å². The second-order valence-corrected chi connectivity index (χ2v) is 4.51. The minimum Gasteiger partial charge on any atom is -0.507 e. The molecule has 1 aliphatic rings. The molecule has 16 heavy (non-hydrogen) atoms. The van der Waals surface area contributed by atoms with Crippen molar-refractivity contribution in [1.82, 2.24) is 0 Å². The predicted molar refractivity (Wildman–Crippen MR) is 60.6 cm³/mol. The van der Waals surface area contributed by atoms with Crippen LogP contribution in [0.2, 0.25) is 0 Å². The third-order valence-corrected chi connectivity index (χ3v) is 3.28. The number of phenolic OH excluding ortho intramolecular Hbond substituents is 1. The van der Waals surface area contributed by atoms with Gasteiger partial charge in [0.1, 0.15) is 5.75 Å². The van der Waals surface area contributed by atoms with Gasteiger partial charge in [-0.15, -0.1) is 0 Å². The molecule has 0 aromatic heterocycles. The lowest BCUT2D eigenvalue weighted by Crippen LogP contribution is -2.12. The lowest BCUT2D eigenvalue weighted by atomic mass is 9.96. The van der Waals surface area contributed by atoms with Gasteiger partial charge in [0.25, 0.3) is 0 Å². The van der Waals surface area contributed by atoms with Gasteiger partial charge in [-0.05, 0) is 42.4 Å². The molecule has 0 saturated heterocycles. The van der Waals surface area contributed by atoms with Gasteiger partial charge in [-0.3, -0.25) is 4.79 Å². The maximum absolute atomic E-state index is 10.8. The van der Waals surface area contributed by atoms with Crippen molar-refractivity contribution in [1.29, 1.82) is 0 Å². The Labute approximate surface area is 94.7 Å². The van der Waals surface area contributed by atoms with Crippen LogP contribution in [-0.2, 0) is 24.1 Å². The maximum Gasteiger partial charge on any atom is 0.306 e. The first-order valence-corrected chi connectivity index (χ1v) is 5.65. The Bertz CT molecular complexity index is 423. The van der Waals surface area contributed by atoms with Gasteiger partial charge in [0.05, 0.1) is 5.92 Å². The van der Waals surface area contributed by atoms with E-state index < -0.39 is 11.9 Å². The topological polar surface area (TPSA) is 57.5 Å². The number of carboxylic acid groups (broad SMARTS) is 1. The van der Waals surface area contributed by atoms with Gasteiger partial charge in [0.2, 0.25) is 0 Å². The van der Waals surface area contributed by atoms with Crippen LogP contribution in [0.3, 0.4) is 0 Å². The third kappa shape index (κ3) is 1.90. The smallest absolute Gasteiger partial charge is 0.306 e. The summed E-state index contributed by atoms with van der Waals surface area (Å²) < 4.78 is 0. The first kappa shape index (κ1) is 11.0.